The van der Waals surface area contributed by atoms with Crippen LogP contribution in [-0.2, 0) is 26.1 Å². The number of aromatic nitrogens is 2. The molecule has 10 heteroatoms. The third-order valence-corrected chi connectivity index (χ3v) is 6.60. The number of aryl methyl sites for hydroxylation is 1. The van der Waals surface area contributed by atoms with Crippen molar-refractivity contribution in [1.29, 1.82) is 0 Å². The number of ether oxygens (including phenoxy) is 2. The smallest absolute Gasteiger partial charge is 0.385 e. The minimum Gasteiger partial charge on any atom is -0.463 e. The Balaban J connectivity index is 1.89. The predicted molar refractivity (Wildman–Crippen MR) is 125 cm³/mol. The number of esters is 2. The van der Waals surface area contributed by atoms with E-state index < -0.39 is 28.6 Å². The molecule has 0 radical (unpaired) electrons. The number of rotatable bonds is 9. The molecule has 0 saturated heterocycles. The van der Waals surface area contributed by atoms with Gasteiger partial charge in [-0.1, -0.05) is 32.1 Å². The van der Waals surface area contributed by atoms with Crippen LogP contribution in [0.5, 0.6) is 0 Å². The van der Waals surface area contributed by atoms with Gasteiger partial charge in [0.1, 0.15) is 5.69 Å². The molecule has 1 fully saturated rings. The van der Waals surface area contributed by atoms with Gasteiger partial charge in [0.15, 0.2) is 0 Å². The molecule has 186 valence electrons. The van der Waals surface area contributed by atoms with E-state index in [1.807, 2.05) is 0 Å². The van der Waals surface area contributed by atoms with Gasteiger partial charge in [0, 0.05) is 18.4 Å². The molecule has 1 unspecified atom stereocenters. The summed E-state index contributed by atoms with van der Waals surface area (Å²) in [6, 6.07) is 0. The average Bonchev–Trinajstić information content (AvgIpc) is 3.18. The zero-order valence-electron chi connectivity index (χ0n) is 20.4. The molecule has 0 bridgehead atoms. The number of imidazole rings is 1. The number of nitrogens with zero attached hydrogens (tertiary/aromatic N) is 3. The van der Waals surface area contributed by atoms with Crippen molar-refractivity contribution in [2.24, 2.45) is 13.0 Å². The first kappa shape index (κ1) is 25.5. The zero-order chi connectivity index (χ0) is 24.8. The maximum absolute atomic E-state index is 13.3. The number of dihydropyridines is 1. The molecule has 0 spiro atoms. The molecule has 1 atom stereocenters. The lowest BCUT2D eigenvalue weighted by Gasteiger charge is -2.30. The summed E-state index contributed by atoms with van der Waals surface area (Å²) in [5.74, 6) is -2.04. The molecule has 1 aliphatic heterocycles. The van der Waals surface area contributed by atoms with Gasteiger partial charge in [0.25, 0.3) is 0 Å². The van der Waals surface area contributed by atoms with E-state index in [-0.39, 0.29) is 30.1 Å². The number of hydrogen-bond acceptors (Lipinski definition) is 8. The molecular weight excluding hydrogens is 440 g/mol. The molecule has 0 aromatic carbocycles. The number of allylic oxidation sites excluding steroid dienone is 2. The number of nitro groups is 1. The minimum absolute atomic E-state index is 0.124. The number of carbonyl (C=O) groups is 2. The molecule has 1 saturated carbocycles. The Morgan fingerprint density at radius 2 is 1.76 bits per heavy atom. The van der Waals surface area contributed by atoms with Gasteiger partial charge < -0.3 is 29.5 Å². The van der Waals surface area contributed by atoms with Crippen molar-refractivity contribution in [3.8, 4) is 0 Å². The van der Waals surface area contributed by atoms with Crippen LogP contribution >= 0.6 is 0 Å². The van der Waals surface area contributed by atoms with E-state index in [9.17, 15) is 19.7 Å². The Bertz CT molecular complexity index is 1000. The first-order valence-corrected chi connectivity index (χ1v) is 11.9. The average molecular weight is 475 g/mol. The monoisotopic (exact) mass is 474 g/mol. The van der Waals surface area contributed by atoms with Gasteiger partial charge >= 0.3 is 17.8 Å². The van der Waals surface area contributed by atoms with E-state index in [1.165, 1.54) is 43.0 Å². The van der Waals surface area contributed by atoms with Crippen LogP contribution in [0.25, 0.3) is 0 Å². The molecule has 1 aromatic heterocycles. The second kappa shape index (κ2) is 11.3. The summed E-state index contributed by atoms with van der Waals surface area (Å²) in [5.41, 5.74) is 1.35. The van der Waals surface area contributed by atoms with E-state index in [4.69, 9.17) is 9.47 Å². The fraction of sp³-hybridized carbons (Fsp3) is 0.625. The lowest BCUT2D eigenvalue weighted by molar-refractivity contribution is -0.390. The van der Waals surface area contributed by atoms with Gasteiger partial charge in [0.2, 0.25) is 6.33 Å². The Labute approximate surface area is 199 Å². The highest BCUT2D eigenvalue weighted by Gasteiger charge is 2.43. The van der Waals surface area contributed by atoms with Gasteiger partial charge in [-0.15, -0.1) is 0 Å². The van der Waals surface area contributed by atoms with E-state index in [2.05, 4.69) is 10.3 Å². The summed E-state index contributed by atoms with van der Waals surface area (Å²) < 4.78 is 12.3. The second-order valence-electron chi connectivity index (χ2n) is 8.96. The van der Waals surface area contributed by atoms with Crippen molar-refractivity contribution >= 4 is 17.8 Å². The standard InChI is InChI=1S/C24H34N4O6/c1-5-33-23(29)18-15(2)26-16(3)19(20(18)21-22(28(31)32)25-14-27(21)4)24(30)34-13-9-12-17-10-7-6-8-11-17/h14,17,20,26H,5-13H2,1-4H3. The van der Waals surface area contributed by atoms with Crippen LogP contribution in [0.15, 0.2) is 28.9 Å². The maximum Gasteiger partial charge on any atom is 0.385 e. The molecule has 3 rings (SSSR count). The van der Waals surface area contributed by atoms with Crippen LogP contribution < -0.4 is 5.32 Å². The van der Waals surface area contributed by atoms with E-state index >= 15 is 0 Å². The fourth-order valence-electron chi connectivity index (χ4n) is 5.01. The highest BCUT2D eigenvalue weighted by Crippen LogP contribution is 2.42. The van der Waals surface area contributed by atoms with Crippen molar-refractivity contribution < 1.29 is 24.0 Å². The summed E-state index contributed by atoms with van der Waals surface area (Å²) in [6.45, 7) is 5.42. The fourth-order valence-corrected chi connectivity index (χ4v) is 5.01. The first-order valence-electron chi connectivity index (χ1n) is 11.9. The van der Waals surface area contributed by atoms with Crippen LogP contribution in [-0.4, -0.2) is 39.6 Å². The highest BCUT2D eigenvalue weighted by molar-refractivity contribution is 6.00. The second-order valence-corrected chi connectivity index (χ2v) is 8.96. The van der Waals surface area contributed by atoms with Crippen molar-refractivity contribution in [3.63, 3.8) is 0 Å². The van der Waals surface area contributed by atoms with Crippen molar-refractivity contribution in [1.82, 2.24) is 14.9 Å². The van der Waals surface area contributed by atoms with Crippen molar-refractivity contribution in [2.75, 3.05) is 13.2 Å². The van der Waals surface area contributed by atoms with Crippen LogP contribution in [0, 0.1) is 16.0 Å². The van der Waals surface area contributed by atoms with Crippen molar-refractivity contribution in [3.05, 3.63) is 44.7 Å². The van der Waals surface area contributed by atoms with Crippen LogP contribution in [0.3, 0.4) is 0 Å². The lowest BCUT2D eigenvalue weighted by atomic mass is 9.82. The maximum atomic E-state index is 13.3. The van der Waals surface area contributed by atoms with Gasteiger partial charge in [0.05, 0.1) is 30.3 Å². The van der Waals surface area contributed by atoms with Crippen molar-refractivity contribution in [2.45, 2.75) is 71.6 Å². The largest absolute Gasteiger partial charge is 0.463 e. The summed E-state index contributed by atoms with van der Waals surface area (Å²) in [4.78, 5) is 41.2. The topological polar surface area (TPSA) is 126 Å². The quantitative estimate of drug-likeness (QED) is 0.246. The summed E-state index contributed by atoms with van der Waals surface area (Å²) in [5, 5.41) is 14.8. The van der Waals surface area contributed by atoms with Gasteiger partial charge in [-0.3, -0.25) is 0 Å². The van der Waals surface area contributed by atoms with E-state index in [0.717, 1.165) is 12.8 Å². The summed E-state index contributed by atoms with van der Waals surface area (Å²) >= 11 is 0. The Morgan fingerprint density at radius 1 is 1.15 bits per heavy atom. The molecule has 0 amide bonds. The van der Waals surface area contributed by atoms with E-state index in [1.54, 1.807) is 27.8 Å². The normalized spacial score (nSPS) is 19.1. The first-order chi connectivity index (χ1) is 16.3. The summed E-state index contributed by atoms with van der Waals surface area (Å²) in [7, 11) is 1.60. The molecule has 2 heterocycles. The van der Waals surface area contributed by atoms with Crippen LogP contribution in [0.1, 0.15) is 77.3 Å². The molecular formula is C24H34N4O6. The zero-order valence-corrected chi connectivity index (χ0v) is 20.4. The van der Waals surface area contributed by atoms with E-state index in [0.29, 0.717) is 17.3 Å². The number of hydrogen-bond donors (Lipinski definition) is 1. The molecule has 1 aliphatic carbocycles. The summed E-state index contributed by atoms with van der Waals surface area (Å²) in [6.07, 6.45) is 9.33. The Hall–Kier alpha value is -3.17. The number of carbonyl (C=O) groups excluding carboxylic acids is 2. The lowest BCUT2D eigenvalue weighted by Crippen LogP contribution is -2.33. The van der Waals surface area contributed by atoms with Gasteiger partial charge in [-0.2, -0.15) is 0 Å². The highest BCUT2D eigenvalue weighted by atomic mass is 16.6. The molecule has 34 heavy (non-hydrogen) atoms. The third kappa shape index (κ3) is 5.48. The Kier molecular flexibility index (Phi) is 8.46. The van der Waals surface area contributed by atoms with Gasteiger partial charge in [-0.25, -0.2) is 9.59 Å². The minimum atomic E-state index is -1.04. The van der Waals surface area contributed by atoms with Crippen LogP contribution in [0.2, 0.25) is 0 Å². The molecule has 10 nitrogen and oxygen atoms in total. The van der Waals surface area contributed by atoms with Crippen LogP contribution in [0.4, 0.5) is 5.82 Å². The number of nitrogens with one attached hydrogen (secondary N) is 1. The molecule has 1 aromatic rings. The Morgan fingerprint density at radius 3 is 2.35 bits per heavy atom. The third-order valence-electron chi connectivity index (χ3n) is 6.60. The molecule has 2 aliphatic rings. The molecule has 1 N–H and O–H groups in total. The predicted octanol–water partition coefficient (Wildman–Crippen LogP) is 4.03. The van der Waals surface area contributed by atoms with Gasteiger partial charge in [-0.05, 0) is 49.4 Å². The SMILES string of the molecule is CCOC(=O)C1=C(C)NC(C)=C(C(=O)OCCCC2CCCCC2)C1c1c([N+](=O)[O-])ncn1C.